The molecule has 1 heterocycles. The van der Waals surface area contributed by atoms with Gasteiger partial charge in [0, 0.05) is 5.56 Å². The van der Waals surface area contributed by atoms with Crippen LogP contribution in [-0.4, -0.2) is 4.98 Å². The Bertz CT molecular complexity index is 468. The number of nitrogens with zero attached hydrogens (tertiary/aromatic N) is 1. The number of rotatable bonds is 2. The Labute approximate surface area is 88.1 Å². The van der Waals surface area contributed by atoms with Gasteiger partial charge in [-0.25, -0.2) is 4.98 Å². The van der Waals surface area contributed by atoms with Crippen molar-refractivity contribution < 1.29 is 0 Å². The van der Waals surface area contributed by atoms with Crippen LogP contribution in [0.2, 0.25) is 0 Å². The average molecular weight is 203 g/mol. The molecule has 2 rings (SSSR count). The number of hydrogen-bond acceptors (Lipinski definition) is 2. The lowest BCUT2D eigenvalue weighted by molar-refractivity contribution is 1.11. The van der Waals surface area contributed by atoms with Crippen LogP contribution in [0, 0.1) is 0 Å². The van der Waals surface area contributed by atoms with Gasteiger partial charge in [0.15, 0.2) is 0 Å². The first kappa shape index (κ1) is 9.41. The zero-order chi connectivity index (χ0) is 9.97. The van der Waals surface area contributed by atoms with Crippen LogP contribution in [0.4, 0.5) is 0 Å². The molecule has 0 aliphatic heterocycles. The van der Waals surface area contributed by atoms with Crippen molar-refractivity contribution in [3.63, 3.8) is 0 Å². The van der Waals surface area contributed by atoms with Crippen molar-refractivity contribution >= 4 is 27.6 Å². The molecule has 0 unspecified atom stereocenters. The van der Waals surface area contributed by atoms with Crippen molar-refractivity contribution in [2.75, 3.05) is 0 Å². The van der Waals surface area contributed by atoms with Crippen LogP contribution in [-0.2, 0) is 6.42 Å². The van der Waals surface area contributed by atoms with E-state index in [2.05, 4.69) is 42.3 Å². The number of benzene rings is 1. The summed E-state index contributed by atoms with van der Waals surface area (Å²) in [6, 6.07) is 6.34. The Hall–Kier alpha value is -1.15. The molecule has 1 aromatic heterocycles. The first-order chi connectivity index (χ1) is 6.85. The largest absolute Gasteiger partial charge is 0.241 e. The zero-order valence-electron chi connectivity index (χ0n) is 8.45. The van der Waals surface area contributed by atoms with Crippen molar-refractivity contribution in [3.05, 3.63) is 34.8 Å². The highest BCUT2D eigenvalue weighted by atomic mass is 32.1. The van der Waals surface area contributed by atoms with E-state index in [1.807, 2.05) is 6.92 Å². The predicted octanol–water partition coefficient (Wildman–Crippen LogP) is 3.89. The smallest absolute Gasteiger partial charge is 0.0936 e. The van der Waals surface area contributed by atoms with Gasteiger partial charge in [-0.3, -0.25) is 0 Å². The number of aromatic nitrogens is 1. The Morgan fingerprint density at radius 1 is 1.43 bits per heavy atom. The number of para-hydroxylation sites is 1. The molecule has 1 nitrogen and oxygen atoms in total. The van der Waals surface area contributed by atoms with Crippen LogP contribution in [0.1, 0.15) is 24.4 Å². The summed E-state index contributed by atoms with van der Waals surface area (Å²) in [7, 11) is 0. The summed E-state index contributed by atoms with van der Waals surface area (Å²) in [5.74, 6) is 0. The summed E-state index contributed by atoms with van der Waals surface area (Å²) in [5, 5.41) is 1.22. The van der Waals surface area contributed by atoms with Crippen molar-refractivity contribution in [1.82, 2.24) is 4.98 Å². The van der Waals surface area contributed by atoms with Gasteiger partial charge in [-0.1, -0.05) is 31.2 Å². The lowest BCUT2D eigenvalue weighted by Crippen LogP contribution is -1.78. The zero-order valence-corrected chi connectivity index (χ0v) is 9.27. The maximum atomic E-state index is 4.62. The summed E-state index contributed by atoms with van der Waals surface area (Å²) >= 11 is 1.79. The van der Waals surface area contributed by atoms with E-state index < -0.39 is 0 Å². The van der Waals surface area contributed by atoms with Crippen LogP contribution in [0.25, 0.3) is 16.3 Å². The van der Waals surface area contributed by atoms with Gasteiger partial charge in [0.25, 0.3) is 0 Å². The van der Waals surface area contributed by atoms with Gasteiger partial charge in [0.05, 0.1) is 15.2 Å². The fourth-order valence-corrected chi connectivity index (χ4v) is 2.42. The minimum Gasteiger partial charge on any atom is -0.241 e. The van der Waals surface area contributed by atoms with E-state index in [-0.39, 0.29) is 0 Å². The molecule has 0 aliphatic rings. The summed E-state index contributed by atoms with van der Waals surface area (Å²) in [4.78, 5) is 4.62. The van der Waals surface area contributed by atoms with Crippen LogP contribution in [0.5, 0.6) is 0 Å². The van der Waals surface area contributed by atoms with E-state index in [9.17, 15) is 0 Å². The Morgan fingerprint density at radius 2 is 2.29 bits per heavy atom. The SMILES string of the molecule is CC=Cc1cccc2sc(CC)nc12. The second-order valence-corrected chi connectivity index (χ2v) is 4.27. The van der Waals surface area contributed by atoms with Crippen LogP contribution < -0.4 is 0 Å². The summed E-state index contributed by atoms with van der Waals surface area (Å²) in [6.07, 6.45) is 5.19. The van der Waals surface area contributed by atoms with Crippen molar-refractivity contribution in [3.8, 4) is 0 Å². The molecule has 14 heavy (non-hydrogen) atoms. The van der Waals surface area contributed by atoms with Gasteiger partial charge in [0.2, 0.25) is 0 Å². The molecule has 0 saturated heterocycles. The van der Waals surface area contributed by atoms with Gasteiger partial charge in [-0.2, -0.15) is 0 Å². The molecule has 72 valence electrons. The summed E-state index contributed by atoms with van der Waals surface area (Å²) < 4.78 is 1.29. The second kappa shape index (κ2) is 3.93. The van der Waals surface area contributed by atoms with E-state index in [1.165, 1.54) is 15.3 Å². The minimum atomic E-state index is 1.02. The van der Waals surface area contributed by atoms with E-state index in [4.69, 9.17) is 0 Å². The predicted molar refractivity (Wildman–Crippen MR) is 63.7 cm³/mol. The quantitative estimate of drug-likeness (QED) is 0.721. The third-order valence-electron chi connectivity index (χ3n) is 2.14. The molecule has 0 aliphatic carbocycles. The van der Waals surface area contributed by atoms with Crippen LogP contribution in [0.15, 0.2) is 24.3 Å². The van der Waals surface area contributed by atoms with Gasteiger partial charge < -0.3 is 0 Å². The first-order valence-corrected chi connectivity index (χ1v) is 5.68. The van der Waals surface area contributed by atoms with Gasteiger partial charge >= 0.3 is 0 Å². The molecular weight excluding hydrogens is 190 g/mol. The van der Waals surface area contributed by atoms with Crippen LogP contribution >= 0.6 is 11.3 Å². The lowest BCUT2D eigenvalue weighted by Gasteiger charge is -1.93. The fraction of sp³-hybridized carbons (Fsp3) is 0.250. The molecule has 0 saturated carbocycles. The van der Waals surface area contributed by atoms with Gasteiger partial charge in [0.1, 0.15) is 0 Å². The summed E-state index contributed by atoms with van der Waals surface area (Å²) in [5.41, 5.74) is 2.37. The summed E-state index contributed by atoms with van der Waals surface area (Å²) in [6.45, 7) is 4.18. The molecule has 0 radical (unpaired) electrons. The van der Waals surface area contributed by atoms with Gasteiger partial charge in [-0.15, -0.1) is 11.3 Å². The normalized spacial score (nSPS) is 11.6. The molecular formula is C12H13NS. The highest BCUT2D eigenvalue weighted by Crippen LogP contribution is 2.25. The third-order valence-corrected chi connectivity index (χ3v) is 3.31. The lowest BCUT2D eigenvalue weighted by atomic mass is 10.2. The molecule has 0 bridgehead atoms. The highest BCUT2D eigenvalue weighted by molar-refractivity contribution is 7.18. The maximum absolute atomic E-state index is 4.62. The molecule has 0 fully saturated rings. The van der Waals surface area contributed by atoms with E-state index in [0.29, 0.717) is 0 Å². The Morgan fingerprint density at radius 3 is 3.00 bits per heavy atom. The number of hydrogen-bond donors (Lipinski definition) is 0. The highest BCUT2D eigenvalue weighted by Gasteiger charge is 2.04. The third kappa shape index (κ3) is 1.58. The average Bonchev–Trinajstić information content (AvgIpc) is 2.62. The van der Waals surface area contributed by atoms with E-state index >= 15 is 0 Å². The van der Waals surface area contributed by atoms with E-state index in [1.54, 1.807) is 11.3 Å². The molecule has 0 atom stereocenters. The Balaban J connectivity index is 2.66. The van der Waals surface area contributed by atoms with Crippen molar-refractivity contribution in [2.45, 2.75) is 20.3 Å². The fourth-order valence-electron chi connectivity index (χ4n) is 1.48. The molecule has 2 aromatic rings. The first-order valence-electron chi connectivity index (χ1n) is 4.86. The van der Waals surface area contributed by atoms with Crippen molar-refractivity contribution in [1.29, 1.82) is 0 Å². The molecule has 0 spiro atoms. The maximum Gasteiger partial charge on any atom is 0.0936 e. The number of allylic oxidation sites excluding steroid dienone is 1. The second-order valence-electron chi connectivity index (χ2n) is 3.16. The molecule has 0 amide bonds. The van der Waals surface area contributed by atoms with Crippen molar-refractivity contribution in [2.24, 2.45) is 0 Å². The number of fused-ring (bicyclic) bond motifs is 1. The van der Waals surface area contributed by atoms with Gasteiger partial charge in [-0.05, 0) is 19.4 Å². The number of aryl methyl sites for hydroxylation is 1. The molecule has 0 N–H and O–H groups in total. The number of thiazole rings is 1. The van der Waals surface area contributed by atoms with Crippen LogP contribution in [0.3, 0.4) is 0 Å². The molecule has 1 aromatic carbocycles. The minimum absolute atomic E-state index is 1.02. The standard InChI is InChI=1S/C12H13NS/c1-3-6-9-7-5-8-10-12(9)13-11(4-2)14-10/h3,5-8H,4H2,1-2H3. The topological polar surface area (TPSA) is 12.9 Å². The molecule has 2 heteroatoms. The van der Waals surface area contributed by atoms with E-state index in [0.717, 1.165) is 11.9 Å². The Kier molecular flexibility index (Phi) is 2.64. The monoisotopic (exact) mass is 203 g/mol.